The molecule has 0 saturated carbocycles. The molecule has 0 amide bonds. The maximum Gasteiger partial charge on any atom is 0.211 e. The van der Waals surface area contributed by atoms with Gasteiger partial charge in [0, 0.05) is 11.8 Å². The molecule has 1 heterocycles. The van der Waals surface area contributed by atoms with E-state index in [0.29, 0.717) is 11.3 Å². The minimum atomic E-state index is -0.0359. The second kappa shape index (κ2) is 3.83. The molecule has 68 valence electrons. The zero-order valence-electron chi connectivity index (χ0n) is 7.55. The van der Waals surface area contributed by atoms with Gasteiger partial charge in [-0.2, -0.15) is 0 Å². The molecule has 0 saturated heterocycles. The Balaban J connectivity index is 2.35. The molecule has 0 bridgehead atoms. The highest BCUT2D eigenvalue weighted by molar-refractivity contribution is 6.07. The maximum absolute atomic E-state index is 11.8. The largest absolute Gasteiger partial charge is 0.287 e. The standard InChI is InChI=1S/C12H9NO/c14-12(10-6-2-1-3-7-10)11-8-4-5-9-13-11/h1-9H/i12-1. The van der Waals surface area contributed by atoms with Crippen LogP contribution in [0.4, 0.5) is 0 Å². The van der Waals surface area contributed by atoms with Crippen LogP contribution in [-0.2, 0) is 0 Å². The van der Waals surface area contributed by atoms with Crippen LogP contribution in [0.25, 0.3) is 0 Å². The summed E-state index contributed by atoms with van der Waals surface area (Å²) in [7, 11) is 0. The van der Waals surface area contributed by atoms with Gasteiger partial charge in [0.05, 0.1) is 0 Å². The van der Waals surface area contributed by atoms with Crippen LogP contribution in [0.5, 0.6) is 0 Å². The molecular formula is C12H9NO. The summed E-state index contributed by atoms with van der Waals surface area (Å²) in [5, 5.41) is 0. The number of carbonyl (C=O) groups is 1. The molecule has 2 nitrogen and oxygen atoms in total. The van der Waals surface area contributed by atoms with E-state index in [9.17, 15) is 4.79 Å². The first-order chi connectivity index (χ1) is 6.88. The molecule has 14 heavy (non-hydrogen) atoms. The molecule has 1 aromatic heterocycles. The van der Waals surface area contributed by atoms with E-state index in [1.165, 1.54) is 0 Å². The second-order valence-corrected chi connectivity index (χ2v) is 2.91. The number of hydrogen-bond donors (Lipinski definition) is 0. The summed E-state index contributed by atoms with van der Waals surface area (Å²) in [6.45, 7) is 0. The molecule has 0 aliphatic rings. The minimum absolute atomic E-state index is 0.0359. The number of aromatic nitrogens is 1. The topological polar surface area (TPSA) is 30.0 Å². The van der Waals surface area contributed by atoms with Gasteiger partial charge in [-0.05, 0) is 12.1 Å². The van der Waals surface area contributed by atoms with Gasteiger partial charge in [-0.15, -0.1) is 0 Å². The van der Waals surface area contributed by atoms with Crippen molar-refractivity contribution in [2.24, 2.45) is 0 Å². The molecule has 0 aliphatic heterocycles. The van der Waals surface area contributed by atoms with Crippen LogP contribution in [-0.4, -0.2) is 10.8 Å². The summed E-state index contributed by atoms with van der Waals surface area (Å²) in [5.41, 5.74) is 1.16. The number of pyridine rings is 1. The van der Waals surface area contributed by atoms with E-state index in [1.54, 1.807) is 30.5 Å². The summed E-state index contributed by atoms with van der Waals surface area (Å²) >= 11 is 0. The van der Waals surface area contributed by atoms with Gasteiger partial charge in [0.1, 0.15) is 5.69 Å². The van der Waals surface area contributed by atoms with Crippen LogP contribution in [0.15, 0.2) is 54.7 Å². The zero-order valence-corrected chi connectivity index (χ0v) is 7.55. The summed E-state index contributed by atoms with van der Waals surface area (Å²) in [4.78, 5) is 15.8. The minimum Gasteiger partial charge on any atom is -0.287 e. The van der Waals surface area contributed by atoms with Crippen LogP contribution in [0.2, 0.25) is 0 Å². The van der Waals surface area contributed by atoms with Gasteiger partial charge in [0.2, 0.25) is 5.78 Å². The molecule has 2 aromatic rings. The van der Waals surface area contributed by atoms with Gasteiger partial charge < -0.3 is 0 Å². The molecule has 0 N–H and O–H groups in total. The van der Waals surface area contributed by atoms with E-state index < -0.39 is 0 Å². The van der Waals surface area contributed by atoms with E-state index in [1.807, 2.05) is 24.3 Å². The van der Waals surface area contributed by atoms with Crippen molar-refractivity contribution in [3.8, 4) is 0 Å². The van der Waals surface area contributed by atoms with Gasteiger partial charge in [-0.3, -0.25) is 9.78 Å². The van der Waals surface area contributed by atoms with E-state index in [4.69, 9.17) is 0 Å². The molecule has 0 fully saturated rings. The lowest BCUT2D eigenvalue weighted by Crippen LogP contribution is -2.02. The third kappa shape index (κ3) is 1.69. The normalized spacial score (nSPS) is 9.71. The average Bonchev–Trinajstić information content (AvgIpc) is 2.30. The summed E-state index contributed by atoms with van der Waals surface area (Å²) in [5.74, 6) is -0.0359. The van der Waals surface area contributed by atoms with Crippen molar-refractivity contribution in [2.45, 2.75) is 0 Å². The Labute approximate surface area is 82.2 Å². The van der Waals surface area contributed by atoms with Gasteiger partial charge in [0.25, 0.3) is 0 Å². The second-order valence-electron chi connectivity index (χ2n) is 2.91. The highest BCUT2D eigenvalue weighted by Crippen LogP contribution is 2.06. The Morgan fingerprint density at radius 3 is 2.29 bits per heavy atom. The first-order valence-electron chi connectivity index (χ1n) is 4.39. The van der Waals surface area contributed by atoms with Gasteiger partial charge >= 0.3 is 0 Å². The molecule has 2 heteroatoms. The Morgan fingerprint density at radius 2 is 1.64 bits per heavy atom. The number of ketones is 1. The van der Waals surface area contributed by atoms with Crippen LogP contribution < -0.4 is 0 Å². The van der Waals surface area contributed by atoms with Crippen LogP contribution >= 0.6 is 0 Å². The van der Waals surface area contributed by atoms with Crippen molar-refractivity contribution in [1.29, 1.82) is 0 Å². The van der Waals surface area contributed by atoms with Crippen molar-refractivity contribution in [3.63, 3.8) is 0 Å². The predicted molar refractivity (Wildman–Crippen MR) is 54.1 cm³/mol. The number of hydrogen-bond acceptors (Lipinski definition) is 2. The van der Waals surface area contributed by atoms with Crippen molar-refractivity contribution < 1.29 is 4.79 Å². The van der Waals surface area contributed by atoms with Gasteiger partial charge in [-0.25, -0.2) is 0 Å². The third-order valence-electron chi connectivity index (χ3n) is 1.93. The molecule has 0 radical (unpaired) electrons. The summed E-state index contributed by atoms with van der Waals surface area (Å²) in [6, 6.07) is 14.5. The van der Waals surface area contributed by atoms with Gasteiger partial charge in [-0.1, -0.05) is 36.4 Å². The molecule has 2 rings (SSSR count). The fraction of sp³-hybridized carbons (Fsp3) is 0. The Kier molecular flexibility index (Phi) is 2.36. The highest BCUT2D eigenvalue weighted by atomic mass is 16.1. The van der Waals surface area contributed by atoms with E-state index >= 15 is 0 Å². The first-order valence-corrected chi connectivity index (χ1v) is 4.39. The van der Waals surface area contributed by atoms with Gasteiger partial charge in [0.15, 0.2) is 0 Å². The molecule has 0 atom stereocenters. The van der Waals surface area contributed by atoms with Crippen molar-refractivity contribution >= 4 is 5.78 Å². The van der Waals surface area contributed by atoms with Crippen LogP contribution in [0.3, 0.4) is 0 Å². The van der Waals surface area contributed by atoms with Crippen LogP contribution in [0.1, 0.15) is 16.1 Å². The molecule has 0 spiro atoms. The lowest BCUT2D eigenvalue weighted by Gasteiger charge is -1.98. The molecule has 0 unspecified atom stereocenters. The zero-order chi connectivity index (χ0) is 9.80. The number of benzene rings is 1. The monoisotopic (exact) mass is 182 g/mol. The number of carbonyl (C=O) groups excluding carboxylic acids is 1. The lowest BCUT2D eigenvalue weighted by molar-refractivity contribution is 0.103. The molecule has 0 aliphatic carbocycles. The highest BCUT2D eigenvalue weighted by Gasteiger charge is 2.07. The Hall–Kier alpha value is -1.96. The SMILES string of the molecule is O=[11C](c1ccccc1)c1ccccn1. The van der Waals surface area contributed by atoms with E-state index in [-0.39, 0.29) is 5.78 Å². The van der Waals surface area contributed by atoms with Crippen molar-refractivity contribution in [3.05, 3.63) is 66.0 Å². The van der Waals surface area contributed by atoms with Crippen molar-refractivity contribution in [1.82, 2.24) is 4.98 Å². The smallest absolute Gasteiger partial charge is 0.211 e. The lowest BCUT2D eigenvalue weighted by atomic mass is 9.73. The third-order valence-corrected chi connectivity index (χ3v) is 1.93. The Bertz CT molecular complexity index is 381. The molecular weight excluding hydrogens is 173 g/mol. The van der Waals surface area contributed by atoms with Crippen LogP contribution in [0, 0.1) is 0 Å². The number of rotatable bonds is 2. The fourth-order valence-electron chi connectivity index (χ4n) is 1.23. The van der Waals surface area contributed by atoms with E-state index in [0.717, 1.165) is 0 Å². The maximum atomic E-state index is 11.8. The fourth-order valence-corrected chi connectivity index (χ4v) is 1.23. The number of nitrogens with zero attached hydrogens (tertiary/aromatic N) is 1. The first kappa shape index (κ1) is 8.63. The average molecular weight is 182 g/mol. The molecule has 1 aromatic carbocycles. The summed E-state index contributed by atoms with van der Waals surface area (Å²) < 4.78 is 0. The summed E-state index contributed by atoms with van der Waals surface area (Å²) in [6.07, 6.45) is 1.62. The quantitative estimate of drug-likeness (QED) is 0.667. The Morgan fingerprint density at radius 1 is 0.929 bits per heavy atom. The predicted octanol–water partition coefficient (Wildman–Crippen LogP) is 2.31. The van der Waals surface area contributed by atoms with Crippen molar-refractivity contribution in [2.75, 3.05) is 0 Å². The van der Waals surface area contributed by atoms with E-state index in [2.05, 4.69) is 4.98 Å².